The van der Waals surface area contributed by atoms with Crippen LogP contribution in [0.5, 0.6) is 0 Å². The normalized spacial score (nSPS) is 14.5. The molecule has 2 rings (SSSR count). The summed E-state index contributed by atoms with van der Waals surface area (Å²) in [5, 5.41) is 12.8. The van der Waals surface area contributed by atoms with Crippen molar-refractivity contribution < 1.29 is 0 Å². The second kappa shape index (κ2) is 2.83. The molecule has 0 N–H and O–H groups in total. The molecule has 0 atom stereocenters. The highest BCUT2D eigenvalue weighted by atomic mass is 16.5. The van der Waals surface area contributed by atoms with Gasteiger partial charge in [0.1, 0.15) is 5.36 Å². The van der Waals surface area contributed by atoms with E-state index in [1.54, 1.807) is 0 Å². The summed E-state index contributed by atoms with van der Waals surface area (Å²) in [4.78, 5) is 4.09. The first kappa shape index (κ1) is 8.23. The standard InChI is InChI=1S/C10H12N2O/c1-7(2)8-3-4-9-10(5-8)12(13)6-11-9/h3-5,7H,6H2,1-2H3. The lowest BCUT2D eigenvalue weighted by Gasteiger charge is -2.02. The fourth-order valence-electron chi connectivity index (χ4n) is 1.45. The molecule has 1 aromatic carbocycles. The average molecular weight is 176 g/mol. The zero-order valence-electron chi connectivity index (χ0n) is 7.82. The maximum Gasteiger partial charge on any atom is 0.247 e. The first-order chi connectivity index (χ1) is 6.18. The van der Waals surface area contributed by atoms with Gasteiger partial charge in [-0.3, -0.25) is 0 Å². The van der Waals surface area contributed by atoms with Crippen molar-refractivity contribution in [2.24, 2.45) is 4.99 Å². The number of fused-ring (bicyclic) bond motifs is 1. The minimum atomic E-state index is 0.247. The molecule has 0 aliphatic carbocycles. The molecule has 3 nitrogen and oxygen atoms in total. The fraction of sp³-hybridized carbons (Fsp3) is 0.400. The van der Waals surface area contributed by atoms with Crippen LogP contribution in [0.25, 0.3) is 0 Å². The second-order valence-corrected chi connectivity index (χ2v) is 3.58. The SMILES string of the molecule is CC(C)c1ccc2c(c1)=[N+]([O-])CN=2. The number of hydroxylamine groups is 1. The Labute approximate surface area is 76.6 Å². The van der Waals surface area contributed by atoms with E-state index in [-0.39, 0.29) is 6.67 Å². The Balaban J connectivity index is 2.69. The Hall–Kier alpha value is -1.38. The summed E-state index contributed by atoms with van der Waals surface area (Å²) >= 11 is 0. The lowest BCUT2D eigenvalue weighted by Crippen LogP contribution is -2.30. The van der Waals surface area contributed by atoms with Gasteiger partial charge in [0, 0.05) is 6.07 Å². The van der Waals surface area contributed by atoms with E-state index in [2.05, 4.69) is 18.8 Å². The van der Waals surface area contributed by atoms with Gasteiger partial charge in [0.25, 0.3) is 0 Å². The van der Waals surface area contributed by atoms with E-state index in [1.807, 2.05) is 18.2 Å². The molecule has 68 valence electrons. The predicted molar refractivity (Wildman–Crippen MR) is 50.8 cm³/mol. The van der Waals surface area contributed by atoms with Crippen molar-refractivity contribution in [2.75, 3.05) is 6.67 Å². The lowest BCUT2D eigenvalue weighted by atomic mass is 10.0. The molecule has 3 heteroatoms. The minimum Gasteiger partial charge on any atom is -0.622 e. The van der Waals surface area contributed by atoms with Crippen LogP contribution < -0.4 is 15.5 Å². The van der Waals surface area contributed by atoms with Gasteiger partial charge in [0.05, 0.1) is 0 Å². The molecule has 0 unspecified atom stereocenters. The predicted octanol–water partition coefficient (Wildman–Crippen LogP) is 0.390. The van der Waals surface area contributed by atoms with Crippen LogP contribution in [-0.2, 0) is 0 Å². The van der Waals surface area contributed by atoms with Crippen LogP contribution in [0, 0.1) is 5.21 Å². The zero-order chi connectivity index (χ0) is 9.42. The maximum atomic E-state index is 11.3. The summed E-state index contributed by atoms with van der Waals surface area (Å²) in [6.07, 6.45) is 0. The monoisotopic (exact) mass is 176 g/mol. The van der Waals surface area contributed by atoms with Crippen LogP contribution in [0.1, 0.15) is 25.3 Å². The van der Waals surface area contributed by atoms with Gasteiger partial charge in [-0.2, -0.15) is 4.74 Å². The lowest BCUT2D eigenvalue weighted by molar-refractivity contribution is 0.773. The van der Waals surface area contributed by atoms with Crippen molar-refractivity contribution in [2.45, 2.75) is 19.8 Å². The maximum absolute atomic E-state index is 11.3. The smallest absolute Gasteiger partial charge is 0.247 e. The quantitative estimate of drug-likeness (QED) is 0.450. The Morgan fingerprint density at radius 2 is 2.23 bits per heavy atom. The number of hydrogen-bond donors (Lipinski definition) is 0. The summed E-state index contributed by atoms with van der Waals surface area (Å²) in [5.41, 5.74) is 1.19. The molecule has 0 aromatic heterocycles. The molecule has 0 bridgehead atoms. The summed E-state index contributed by atoms with van der Waals surface area (Å²) in [7, 11) is 0. The highest BCUT2D eigenvalue weighted by molar-refractivity contribution is 5.18. The summed E-state index contributed by atoms with van der Waals surface area (Å²) in [5.74, 6) is 0.458. The molecule has 0 spiro atoms. The van der Waals surface area contributed by atoms with Crippen molar-refractivity contribution in [1.29, 1.82) is 0 Å². The first-order valence-electron chi connectivity index (χ1n) is 4.44. The molecule has 13 heavy (non-hydrogen) atoms. The summed E-state index contributed by atoms with van der Waals surface area (Å²) in [6.45, 7) is 4.48. The third-order valence-corrected chi connectivity index (χ3v) is 2.30. The molecule has 1 aromatic rings. The van der Waals surface area contributed by atoms with Gasteiger partial charge < -0.3 is 5.21 Å². The molecular formula is C10H12N2O. The first-order valence-corrected chi connectivity index (χ1v) is 4.44. The molecule has 0 saturated carbocycles. The van der Waals surface area contributed by atoms with Crippen molar-refractivity contribution in [3.63, 3.8) is 0 Å². The van der Waals surface area contributed by atoms with E-state index in [4.69, 9.17) is 0 Å². The van der Waals surface area contributed by atoms with E-state index >= 15 is 0 Å². The van der Waals surface area contributed by atoms with Gasteiger partial charge in [0.2, 0.25) is 12.0 Å². The van der Waals surface area contributed by atoms with E-state index in [1.165, 1.54) is 5.56 Å². The van der Waals surface area contributed by atoms with Gasteiger partial charge in [-0.05, 0) is 17.5 Å². The van der Waals surface area contributed by atoms with Crippen LogP contribution in [0.3, 0.4) is 0 Å². The fourth-order valence-corrected chi connectivity index (χ4v) is 1.45. The van der Waals surface area contributed by atoms with E-state index in [0.29, 0.717) is 11.3 Å². The van der Waals surface area contributed by atoms with Gasteiger partial charge in [0.15, 0.2) is 0 Å². The summed E-state index contributed by atoms with van der Waals surface area (Å²) in [6, 6.07) is 5.89. The third kappa shape index (κ3) is 1.30. The number of hydrogen-bond acceptors (Lipinski definition) is 2. The van der Waals surface area contributed by atoms with E-state index in [0.717, 1.165) is 10.1 Å². The van der Waals surface area contributed by atoms with Gasteiger partial charge in [-0.1, -0.05) is 19.9 Å². The highest BCUT2D eigenvalue weighted by Gasteiger charge is 2.08. The average Bonchev–Trinajstić information content (AvgIpc) is 2.47. The molecular weight excluding hydrogens is 164 g/mol. The molecule has 1 aliphatic rings. The molecule has 0 saturated heterocycles. The molecule has 1 heterocycles. The largest absolute Gasteiger partial charge is 0.622 e. The van der Waals surface area contributed by atoms with Gasteiger partial charge >= 0.3 is 0 Å². The highest BCUT2D eigenvalue weighted by Crippen LogP contribution is 2.09. The molecule has 1 aliphatic heterocycles. The van der Waals surface area contributed by atoms with E-state index < -0.39 is 0 Å². The third-order valence-electron chi connectivity index (χ3n) is 2.30. The van der Waals surface area contributed by atoms with Crippen LogP contribution in [0.4, 0.5) is 0 Å². The number of nitrogens with zero attached hydrogens (tertiary/aromatic N) is 2. The van der Waals surface area contributed by atoms with E-state index in [9.17, 15) is 5.21 Å². The van der Waals surface area contributed by atoms with Crippen LogP contribution >= 0.6 is 0 Å². The van der Waals surface area contributed by atoms with Gasteiger partial charge in [-0.25, -0.2) is 4.99 Å². The van der Waals surface area contributed by atoms with Crippen LogP contribution in [0.15, 0.2) is 23.2 Å². The second-order valence-electron chi connectivity index (χ2n) is 3.58. The topological polar surface area (TPSA) is 38.4 Å². The van der Waals surface area contributed by atoms with Crippen LogP contribution in [0.2, 0.25) is 0 Å². The Bertz CT molecular complexity index is 448. The minimum absolute atomic E-state index is 0.247. The van der Waals surface area contributed by atoms with Crippen molar-refractivity contribution in [3.8, 4) is 0 Å². The number of rotatable bonds is 1. The van der Waals surface area contributed by atoms with Gasteiger partial charge in [-0.15, -0.1) is 0 Å². The zero-order valence-corrected chi connectivity index (χ0v) is 7.82. The number of benzene rings is 1. The Morgan fingerprint density at radius 3 is 2.92 bits per heavy atom. The van der Waals surface area contributed by atoms with Crippen molar-refractivity contribution in [3.05, 3.63) is 39.7 Å². The molecule has 0 amide bonds. The Kier molecular flexibility index (Phi) is 1.79. The Morgan fingerprint density at radius 1 is 1.46 bits per heavy atom. The molecule has 0 fully saturated rings. The molecule has 0 radical (unpaired) electrons. The van der Waals surface area contributed by atoms with Crippen molar-refractivity contribution >= 4 is 0 Å². The van der Waals surface area contributed by atoms with Crippen molar-refractivity contribution in [1.82, 2.24) is 4.74 Å². The summed E-state index contributed by atoms with van der Waals surface area (Å²) < 4.78 is 0.932. The van der Waals surface area contributed by atoms with Crippen LogP contribution in [-0.4, -0.2) is 6.67 Å².